The molecule has 3 nitrogen and oxygen atoms in total. The lowest BCUT2D eigenvalue weighted by atomic mass is 10.1. The first-order valence-electron chi connectivity index (χ1n) is 5.28. The zero-order chi connectivity index (χ0) is 12.7. The lowest BCUT2D eigenvalue weighted by Crippen LogP contribution is -2.34. The zero-order valence-electron chi connectivity index (χ0n) is 9.66. The SMILES string of the molecule is COc1ccccc1C(=O)N(CCCl)CCCl. The third kappa shape index (κ3) is 3.79. The Morgan fingerprint density at radius 3 is 2.35 bits per heavy atom. The van der Waals surface area contributed by atoms with Crippen LogP contribution in [0.25, 0.3) is 0 Å². The number of methoxy groups -OCH3 is 1. The van der Waals surface area contributed by atoms with E-state index in [1.54, 1.807) is 30.2 Å². The fraction of sp³-hybridized carbons (Fsp3) is 0.417. The summed E-state index contributed by atoms with van der Waals surface area (Å²) in [7, 11) is 1.54. The molecule has 0 unspecified atom stereocenters. The largest absolute Gasteiger partial charge is 0.496 e. The molecule has 0 spiro atoms. The Balaban J connectivity index is 2.92. The molecule has 0 aliphatic heterocycles. The third-order valence-corrected chi connectivity index (χ3v) is 2.67. The molecule has 1 aromatic carbocycles. The van der Waals surface area contributed by atoms with Gasteiger partial charge in [-0.2, -0.15) is 0 Å². The fourth-order valence-corrected chi connectivity index (χ4v) is 1.92. The van der Waals surface area contributed by atoms with Gasteiger partial charge >= 0.3 is 0 Å². The molecular weight excluding hydrogens is 261 g/mol. The second-order valence-corrected chi connectivity index (χ2v) is 4.13. The van der Waals surface area contributed by atoms with E-state index in [2.05, 4.69) is 0 Å². The number of rotatable bonds is 6. The van der Waals surface area contributed by atoms with Crippen LogP contribution >= 0.6 is 23.2 Å². The number of para-hydroxylation sites is 1. The van der Waals surface area contributed by atoms with E-state index in [-0.39, 0.29) is 5.91 Å². The first-order chi connectivity index (χ1) is 8.24. The lowest BCUT2D eigenvalue weighted by molar-refractivity contribution is 0.0771. The number of carbonyl (C=O) groups excluding carboxylic acids is 1. The normalized spacial score (nSPS) is 10.1. The molecule has 1 aromatic rings. The van der Waals surface area contributed by atoms with Crippen molar-refractivity contribution in [3.63, 3.8) is 0 Å². The van der Waals surface area contributed by atoms with Gasteiger partial charge in [0.25, 0.3) is 5.91 Å². The molecule has 0 fully saturated rings. The molecule has 0 heterocycles. The molecule has 1 amide bonds. The van der Waals surface area contributed by atoms with Crippen molar-refractivity contribution in [3.8, 4) is 5.75 Å². The Kier molecular flexibility index (Phi) is 6.16. The van der Waals surface area contributed by atoms with Crippen LogP contribution < -0.4 is 4.74 Å². The molecule has 5 heteroatoms. The van der Waals surface area contributed by atoms with E-state index in [0.717, 1.165) is 0 Å². The Hall–Kier alpha value is -0.930. The maximum atomic E-state index is 12.2. The first-order valence-corrected chi connectivity index (χ1v) is 6.35. The number of hydrogen-bond donors (Lipinski definition) is 0. The highest BCUT2D eigenvalue weighted by molar-refractivity contribution is 6.18. The fourth-order valence-electron chi connectivity index (χ4n) is 1.51. The minimum atomic E-state index is -0.108. The van der Waals surface area contributed by atoms with Gasteiger partial charge in [0.15, 0.2) is 0 Å². The third-order valence-electron chi connectivity index (χ3n) is 2.33. The Morgan fingerprint density at radius 1 is 1.24 bits per heavy atom. The zero-order valence-corrected chi connectivity index (χ0v) is 11.2. The minimum Gasteiger partial charge on any atom is -0.496 e. The van der Waals surface area contributed by atoms with Crippen molar-refractivity contribution in [3.05, 3.63) is 29.8 Å². The first kappa shape index (κ1) is 14.1. The average Bonchev–Trinajstić information content (AvgIpc) is 2.37. The van der Waals surface area contributed by atoms with Crippen molar-refractivity contribution in [1.29, 1.82) is 0 Å². The van der Waals surface area contributed by atoms with Gasteiger partial charge in [0.05, 0.1) is 12.7 Å². The molecule has 0 radical (unpaired) electrons. The highest BCUT2D eigenvalue weighted by Gasteiger charge is 2.18. The number of benzene rings is 1. The van der Waals surface area contributed by atoms with Crippen molar-refractivity contribution in [2.45, 2.75) is 0 Å². The number of nitrogens with zero attached hydrogens (tertiary/aromatic N) is 1. The Labute approximate surface area is 111 Å². The van der Waals surface area contributed by atoms with E-state index >= 15 is 0 Å². The van der Waals surface area contributed by atoms with Crippen molar-refractivity contribution < 1.29 is 9.53 Å². The van der Waals surface area contributed by atoms with Gasteiger partial charge in [-0.05, 0) is 12.1 Å². The van der Waals surface area contributed by atoms with Crippen molar-refractivity contribution >= 4 is 29.1 Å². The van der Waals surface area contributed by atoms with Crippen LogP contribution in [-0.4, -0.2) is 42.8 Å². The van der Waals surface area contributed by atoms with Crippen LogP contribution in [0.4, 0.5) is 0 Å². The van der Waals surface area contributed by atoms with Crippen LogP contribution in [-0.2, 0) is 0 Å². The number of alkyl halides is 2. The number of ether oxygens (including phenoxy) is 1. The van der Waals surface area contributed by atoms with Gasteiger partial charge in [0, 0.05) is 24.8 Å². The number of halogens is 2. The van der Waals surface area contributed by atoms with Gasteiger partial charge in [-0.25, -0.2) is 0 Å². The van der Waals surface area contributed by atoms with Gasteiger partial charge in [-0.1, -0.05) is 12.1 Å². The molecule has 17 heavy (non-hydrogen) atoms. The van der Waals surface area contributed by atoms with E-state index in [1.807, 2.05) is 6.07 Å². The maximum absolute atomic E-state index is 12.2. The van der Waals surface area contributed by atoms with Crippen LogP contribution in [0.1, 0.15) is 10.4 Å². The summed E-state index contributed by atoms with van der Waals surface area (Å²) in [5, 5.41) is 0. The second kappa shape index (κ2) is 7.41. The summed E-state index contributed by atoms with van der Waals surface area (Å²) in [5.41, 5.74) is 0.533. The summed E-state index contributed by atoms with van der Waals surface area (Å²) >= 11 is 11.3. The predicted molar refractivity (Wildman–Crippen MR) is 70.3 cm³/mol. The van der Waals surface area contributed by atoms with Crippen molar-refractivity contribution in [2.75, 3.05) is 32.0 Å². The van der Waals surface area contributed by atoms with Gasteiger partial charge in [0.2, 0.25) is 0 Å². The quantitative estimate of drug-likeness (QED) is 0.747. The lowest BCUT2D eigenvalue weighted by Gasteiger charge is -2.21. The predicted octanol–water partition coefficient (Wildman–Crippen LogP) is 2.62. The number of hydrogen-bond acceptors (Lipinski definition) is 2. The molecule has 0 aromatic heterocycles. The highest BCUT2D eigenvalue weighted by atomic mass is 35.5. The van der Waals surface area contributed by atoms with E-state index in [0.29, 0.717) is 36.2 Å². The summed E-state index contributed by atoms with van der Waals surface area (Å²) in [6.07, 6.45) is 0. The molecule has 0 bridgehead atoms. The molecule has 0 aliphatic rings. The smallest absolute Gasteiger partial charge is 0.257 e. The van der Waals surface area contributed by atoms with Crippen molar-refractivity contribution in [1.82, 2.24) is 4.90 Å². The molecular formula is C12H15Cl2NO2. The van der Waals surface area contributed by atoms with Crippen LogP contribution in [0.2, 0.25) is 0 Å². The summed E-state index contributed by atoms with van der Waals surface area (Å²) in [6, 6.07) is 7.11. The Bertz CT molecular complexity index is 365. The molecule has 1 rings (SSSR count). The van der Waals surface area contributed by atoms with Crippen LogP contribution in [0.15, 0.2) is 24.3 Å². The van der Waals surface area contributed by atoms with Crippen LogP contribution in [0.3, 0.4) is 0 Å². The summed E-state index contributed by atoms with van der Waals surface area (Å²) in [6.45, 7) is 0.955. The maximum Gasteiger partial charge on any atom is 0.257 e. The van der Waals surface area contributed by atoms with Crippen LogP contribution in [0.5, 0.6) is 5.75 Å². The monoisotopic (exact) mass is 275 g/mol. The number of amides is 1. The molecule has 0 saturated heterocycles. The molecule has 0 N–H and O–H groups in total. The minimum absolute atomic E-state index is 0.108. The summed E-state index contributed by atoms with van der Waals surface area (Å²) < 4.78 is 5.16. The highest BCUT2D eigenvalue weighted by Crippen LogP contribution is 2.19. The molecule has 0 atom stereocenters. The van der Waals surface area contributed by atoms with E-state index in [9.17, 15) is 4.79 Å². The van der Waals surface area contributed by atoms with Gasteiger partial charge in [0.1, 0.15) is 5.75 Å². The van der Waals surface area contributed by atoms with Gasteiger partial charge < -0.3 is 9.64 Å². The average molecular weight is 276 g/mol. The van der Waals surface area contributed by atoms with E-state index in [4.69, 9.17) is 27.9 Å². The Morgan fingerprint density at radius 2 is 1.82 bits per heavy atom. The van der Waals surface area contributed by atoms with E-state index < -0.39 is 0 Å². The van der Waals surface area contributed by atoms with Gasteiger partial charge in [-0.3, -0.25) is 4.79 Å². The van der Waals surface area contributed by atoms with Crippen LogP contribution in [0, 0.1) is 0 Å². The second-order valence-electron chi connectivity index (χ2n) is 3.37. The topological polar surface area (TPSA) is 29.5 Å². The van der Waals surface area contributed by atoms with Gasteiger partial charge in [-0.15, -0.1) is 23.2 Å². The molecule has 0 aliphatic carbocycles. The van der Waals surface area contributed by atoms with E-state index in [1.165, 1.54) is 0 Å². The summed E-state index contributed by atoms with van der Waals surface area (Å²) in [4.78, 5) is 13.9. The summed E-state index contributed by atoms with van der Waals surface area (Å²) in [5.74, 6) is 1.23. The molecule has 94 valence electrons. The van der Waals surface area contributed by atoms with Crippen molar-refractivity contribution in [2.24, 2.45) is 0 Å². The number of carbonyl (C=O) groups is 1. The standard InChI is InChI=1S/C12H15Cl2NO2/c1-17-11-5-3-2-4-10(11)12(16)15(8-6-13)9-7-14/h2-5H,6-9H2,1H3. The molecule has 0 saturated carbocycles.